The molecule has 0 atom stereocenters. The van der Waals surface area contributed by atoms with E-state index in [4.69, 9.17) is 23.2 Å². The zero-order chi connectivity index (χ0) is 10.8. The summed E-state index contributed by atoms with van der Waals surface area (Å²) in [4.78, 5) is -0.480. The van der Waals surface area contributed by atoms with E-state index in [1.165, 1.54) is 10.8 Å². The smallest absolute Gasteiger partial charge is 0.100 e. The van der Waals surface area contributed by atoms with Crippen LogP contribution in [0.2, 0.25) is 0 Å². The zero-order valence-electron chi connectivity index (χ0n) is 8.21. The zero-order valence-corrected chi connectivity index (χ0v) is 9.72. The molecule has 15 heavy (non-hydrogen) atoms. The summed E-state index contributed by atoms with van der Waals surface area (Å²) in [5, 5.41) is 2.39. The third-order valence-corrected chi connectivity index (χ3v) is 3.03. The lowest BCUT2D eigenvalue weighted by Crippen LogP contribution is -1.93. The maximum Gasteiger partial charge on any atom is 0.133 e. The molecule has 2 aromatic rings. The van der Waals surface area contributed by atoms with Crippen LogP contribution in [0.3, 0.4) is 0 Å². The maximum atomic E-state index is 5.93. The van der Waals surface area contributed by atoms with E-state index >= 15 is 0 Å². The Labute approximate surface area is 99.8 Å². The summed E-state index contributed by atoms with van der Waals surface area (Å²) >= 11 is 11.9. The first-order valence-corrected chi connectivity index (χ1v) is 5.69. The molecule has 0 aromatic heterocycles. The van der Waals surface area contributed by atoms with Gasteiger partial charge in [0.2, 0.25) is 0 Å². The summed E-state index contributed by atoms with van der Waals surface area (Å²) in [5.74, 6) is 0. The monoisotopic (exact) mass is 237 g/mol. The summed E-state index contributed by atoms with van der Waals surface area (Å²) in [6, 6.07) is 12.2. The Kier molecular flexibility index (Phi) is 3.18. The lowest BCUT2D eigenvalue weighted by atomic mass is 9.98. The van der Waals surface area contributed by atoms with Crippen LogP contribution in [0, 0.1) is 6.92 Å². The summed E-state index contributed by atoms with van der Waals surface area (Å²) in [6.45, 7) is 3.93. The first-order valence-electron chi connectivity index (χ1n) is 4.82. The molecule has 0 unspecified atom stereocenters. The van der Waals surface area contributed by atoms with E-state index in [9.17, 15) is 0 Å². The van der Waals surface area contributed by atoms with Gasteiger partial charge in [-0.1, -0.05) is 36.4 Å². The Hall–Kier alpha value is -0.720. The average molecular weight is 238 g/mol. The highest BCUT2D eigenvalue weighted by Gasteiger charge is 2.11. The van der Waals surface area contributed by atoms with Gasteiger partial charge in [0, 0.05) is 0 Å². The first kappa shape index (κ1) is 10.8. The number of halogens is 2. The minimum Gasteiger partial charge on any atom is -0.100 e. The quantitative estimate of drug-likeness (QED) is 0.665. The average Bonchev–Trinajstić information content (AvgIpc) is 2.27. The van der Waals surface area contributed by atoms with Gasteiger partial charge >= 0.3 is 0 Å². The summed E-state index contributed by atoms with van der Waals surface area (Å²) in [6.07, 6.45) is 0.701. The van der Waals surface area contributed by atoms with Crippen molar-refractivity contribution in [1.82, 2.24) is 0 Å². The second kappa shape index (κ2) is 4.42. The molecule has 2 heteroatoms. The number of benzene rings is 2. The van der Waals surface area contributed by atoms with Gasteiger partial charge in [-0.05, 0) is 35.2 Å². The van der Waals surface area contributed by atoms with E-state index in [0.717, 1.165) is 11.1 Å². The second-order valence-electron chi connectivity index (χ2n) is 3.41. The molecule has 0 heterocycles. The van der Waals surface area contributed by atoms with Gasteiger partial charge < -0.3 is 0 Å². The molecular weight excluding hydrogens is 227 g/mol. The van der Waals surface area contributed by atoms with Crippen molar-refractivity contribution in [2.24, 2.45) is 0 Å². The molecule has 0 fully saturated rings. The molecule has 1 radical (unpaired) electrons. The van der Waals surface area contributed by atoms with Crippen molar-refractivity contribution in [3.05, 3.63) is 54.4 Å². The largest absolute Gasteiger partial charge is 0.133 e. The van der Waals surface area contributed by atoms with Gasteiger partial charge in [0.1, 0.15) is 4.84 Å². The van der Waals surface area contributed by atoms with Crippen LogP contribution in [-0.4, -0.2) is 0 Å². The third kappa shape index (κ3) is 1.97. The minimum atomic E-state index is -0.480. The van der Waals surface area contributed by atoms with Crippen molar-refractivity contribution in [1.29, 1.82) is 0 Å². The van der Waals surface area contributed by atoms with Gasteiger partial charge in [-0.25, -0.2) is 0 Å². The van der Waals surface area contributed by atoms with E-state index in [-0.39, 0.29) is 0 Å². The standard InChI is InChI=1S/C13H11Cl2/c1-2-10-11-6-4-3-5-9(11)7-8-12(10)13(14)15/h3-8,13H,1-2H2. The van der Waals surface area contributed by atoms with E-state index in [0.29, 0.717) is 6.42 Å². The third-order valence-electron chi connectivity index (χ3n) is 2.56. The Morgan fingerprint density at radius 2 is 1.80 bits per heavy atom. The number of hydrogen-bond donors (Lipinski definition) is 0. The van der Waals surface area contributed by atoms with Crippen molar-refractivity contribution < 1.29 is 0 Å². The molecule has 0 amide bonds. The topological polar surface area (TPSA) is 0 Å². The molecule has 0 spiro atoms. The number of alkyl halides is 2. The highest BCUT2D eigenvalue weighted by molar-refractivity contribution is 6.44. The van der Waals surface area contributed by atoms with Crippen LogP contribution < -0.4 is 0 Å². The minimum absolute atomic E-state index is 0.480. The number of hydrogen-bond acceptors (Lipinski definition) is 0. The predicted octanol–water partition coefficient (Wildman–Crippen LogP) is 4.69. The van der Waals surface area contributed by atoms with Gasteiger partial charge in [-0.15, -0.1) is 23.2 Å². The normalized spacial score (nSPS) is 11.2. The van der Waals surface area contributed by atoms with E-state index in [2.05, 4.69) is 19.1 Å². The van der Waals surface area contributed by atoms with E-state index < -0.39 is 4.84 Å². The molecule has 0 N–H and O–H groups in total. The van der Waals surface area contributed by atoms with Gasteiger partial charge in [0.25, 0.3) is 0 Å². The van der Waals surface area contributed by atoms with Crippen molar-refractivity contribution in [2.75, 3.05) is 0 Å². The molecule has 2 rings (SSSR count). The van der Waals surface area contributed by atoms with Crippen LogP contribution >= 0.6 is 23.2 Å². The van der Waals surface area contributed by atoms with E-state index in [1.807, 2.05) is 24.3 Å². The van der Waals surface area contributed by atoms with Crippen LogP contribution in [0.25, 0.3) is 10.8 Å². The Balaban J connectivity index is 2.75. The molecule has 0 aliphatic rings. The van der Waals surface area contributed by atoms with Crippen LogP contribution in [0.1, 0.15) is 16.0 Å². The predicted molar refractivity (Wildman–Crippen MR) is 67.5 cm³/mol. The van der Waals surface area contributed by atoms with Gasteiger partial charge in [0.15, 0.2) is 0 Å². The van der Waals surface area contributed by atoms with Gasteiger partial charge in [0.05, 0.1) is 0 Å². The summed E-state index contributed by atoms with van der Waals surface area (Å²) in [5.41, 5.74) is 2.11. The number of rotatable bonds is 2. The molecule has 2 aromatic carbocycles. The van der Waals surface area contributed by atoms with E-state index in [1.54, 1.807) is 0 Å². The Morgan fingerprint density at radius 1 is 1.07 bits per heavy atom. The molecule has 0 bridgehead atoms. The molecule has 0 saturated heterocycles. The highest BCUT2D eigenvalue weighted by atomic mass is 35.5. The lowest BCUT2D eigenvalue weighted by Gasteiger charge is -2.11. The fourth-order valence-corrected chi connectivity index (χ4v) is 2.25. The van der Waals surface area contributed by atoms with Crippen molar-refractivity contribution in [3.63, 3.8) is 0 Å². The Bertz CT molecular complexity index is 475. The SMILES string of the molecule is [CH2]Cc1c(C(Cl)Cl)ccc2ccccc12. The summed E-state index contributed by atoms with van der Waals surface area (Å²) in [7, 11) is 0. The van der Waals surface area contributed by atoms with Gasteiger partial charge in [-0.2, -0.15) is 0 Å². The maximum absolute atomic E-state index is 5.93. The molecule has 0 saturated carbocycles. The molecular formula is C13H11Cl2. The molecule has 0 aliphatic carbocycles. The molecule has 0 nitrogen and oxygen atoms in total. The van der Waals surface area contributed by atoms with Crippen LogP contribution in [0.4, 0.5) is 0 Å². The lowest BCUT2D eigenvalue weighted by molar-refractivity contribution is 1.20. The highest BCUT2D eigenvalue weighted by Crippen LogP contribution is 2.32. The van der Waals surface area contributed by atoms with Crippen LogP contribution in [-0.2, 0) is 6.42 Å². The fraction of sp³-hybridized carbons (Fsp3) is 0.154. The van der Waals surface area contributed by atoms with Crippen LogP contribution in [0.15, 0.2) is 36.4 Å². The second-order valence-corrected chi connectivity index (χ2v) is 4.50. The summed E-state index contributed by atoms with van der Waals surface area (Å²) < 4.78 is 0. The first-order chi connectivity index (χ1) is 7.24. The van der Waals surface area contributed by atoms with Crippen molar-refractivity contribution >= 4 is 34.0 Å². The Morgan fingerprint density at radius 3 is 2.47 bits per heavy atom. The van der Waals surface area contributed by atoms with Gasteiger partial charge in [-0.3, -0.25) is 0 Å². The van der Waals surface area contributed by atoms with Crippen LogP contribution in [0.5, 0.6) is 0 Å². The van der Waals surface area contributed by atoms with Crippen molar-refractivity contribution in [3.8, 4) is 0 Å². The van der Waals surface area contributed by atoms with Crippen molar-refractivity contribution in [2.45, 2.75) is 11.3 Å². The molecule has 77 valence electrons. The molecule has 0 aliphatic heterocycles. The number of fused-ring (bicyclic) bond motifs is 1. The fourth-order valence-electron chi connectivity index (χ4n) is 1.84.